The molecule has 0 bridgehead atoms. The minimum atomic E-state index is -0.189. The molecule has 0 fully saturated rings. The van der Waals surface area contributed by atoms with Gasteiger partial charge in [-0.25, -0.2) is 4.79 Å². The van der Waals surface area contributed by atoms with Gasteiger partial charge in [-0.15, -0.1) is 5.10 Å². The van der Waals surface area contributed by atoms with Gasteiger partial charge >= 0.3 is 6.03 Å². The zero-order valence-electron chi connectivity index (χ0n) is 12.8. The van der Waals surface area contributed by atoms with Gasteiger partial charge in [-0.05, 0) is 41.2 Å². The highest BCUT2D eigenvalue weighted by atomic mass is 32.1. The fraction of sp³-hybridized carbons (Fsp3) is 0.235. The second-order valence-corrected chi connectivity index (χ2v) is 5.95. The quantitative estimate of drug-likeness (QED) is 0.756. The van der Waals surface area contributed by atoms with Crippen LogP contribution in [-0.4, -0.2) is 22.2 Å². The number of hydrogen-bond donors (Lipinski definition) is 2. The number of carbonyl (C=O) groups excluding carboxylic acids is 1. The second-order valence-electron chi connectivity index (χ2n) is 5.34. The Hall–Kier alpha value is -2.47. The lowest BCUT2D eigenvalue weighted by molar-refractivity contribution is 0.238. The number of aromatic nitrogens is 2. The van der Waals surface area contributed by atoms with Crippen molar-refractivity contribution in [2.75, 3.05) is 6.54 Å². The minimum Gasteiger partial charge on any atom is -0.338 e. The van der Waals surface area contributed by atoms with E-state index in [1.165, 1.54) is 27.9 Å². The van der Waals surface area contributed by atoms with E-state index >= 15 is 0 Å². The molecule has 0 saturated heterocycles. The zero-order valence-corrected chi connectivity index (χ0v) is 13.6. The molecule has 5 nitrogen and oxygen atoms in total. The Morgan fingerprint density at radius 3 is 2.87 bits per heavy atom. The van der Waals surface area contributed by atoms with E-state index in [1.807, 2.05) is 24.4 Å². The van der Waals surface area contributed by atoms with Crippen LogP contribution in [0.15, 0.2) is 47.8 Å². The van der Waals surface area contributed by atoms with Gasteiger partial charge in [-0.2, -0.15) is 0 Å². The second kappa shape index (κ2) is 7.19. The number of amides is 2. The molecular weight excluding hydrogens is 308 g/mol. The fourth-order valence-electron chi connectivity index (χ4n) is 2.50. The van der Waals surface area contributed by atoms with Crippen molar-refractivity contribution in [3.8, 4) is 0 Å². The predicted molar refractivity (Wildman–Crippen MR) is 92.5 cm³/mol. The van der Waals surface area contributed by atoms with Crippen LogP contribution >= 0.6 is 11.5 Å². The smallest absolute Gasteiger partial charge is 0.315 e. The standard InChI is InChI=1S/C17H18N4OS/c1-12(16-11-23-21-20-16)19-17(22)18-10-9-14-7-4-6-13-5-2-3-8-15(13)14/h2-8,11-12H,9-10H2,1H3,(H2,18,19,22). The molecule has 2 N–H and O–H groups in total. The summed E-state index contributed by atoms with van der Waals surface area (Å²) in [6.45, 7) is 2.48. The highest BCUT2D eigenvalue weighted by Gasteiger charge is 2.11. The molecule has 0 aliphatic heterocycles. The summed E-state index contributed by atoms with van der Waals surface area (Å²) in [7, 11) is 0. The number of nitrogens with one attached hydrogen (secondary N) is 2. The number of rotatable bonds is 5. The lowest BCUT2D eigenvalue weighted by Gasteiger charge is -2.12. The predicted octanol–water partition coefficient (Wildman–Crippen LogP) is 3.29. The number of urea groups is 1. The largest absolute Gasteiger partial charge is 0.338 e. The molecule has 1 heterocycles. The molecule has 1 atom stereocenters. The van der Waals surface area contributed by atoms with E-state index in [2.05, 4.69) is 50.6 Å². The maximum atomic E-state index is 11.9. The van der Waals surface area contributed by atoms with E-state index in [0.29, 0.717) is 6.54 Å². The number of nitrogens with zero attached hydrogens (tertiary/aromatic N) is 2. The van der Waals surface area contributed by atoms with Crippen molar-refractivity contribution in [1.82, 2.24) is 20.2 Å². The molecule has 1 unspecified atom stereocenters. The zero-order chi connectivity index (χ0) is 16.1. The molecular formula is C17H18N4OS. The average molecular weight is 326 g/mol. The van der Waals surface area contributed by atoms with Gasteiger partial charge in [-0.3, -0.25) is 0 Å². The SMILES string of the molecule is CC(NC(=O)NCCc1cccc2ccccc12)c1csnn1. The first-order valence-electron chi connectivity index (χ1n) is 7.52. The summed E-state index contributed by atoms with van der Waals surface area (Å²) in [4.78, 5) is 11.9. The molecule has 3 aromatic rings. The van der Waals surface area contributed by atoms with Gasteiger partial charge in [0, 0.05) is 11.9 Å². The van der Waals surface area contributed by atoms with Crippen molar-refractivity contribution in [3.63, 3.8) is 0 Å². The molecule has 2 aromatic carbocycles. The molecule has 0 aliphatic rings. The van der Waals surface area contributed by atoms with Crippen LogP contribution in [0.2, 0.25) is 0 Å². The average Bonchev–Trinajstić information content (AvgIpc) is 3.10. The molecule has 0 radical (unpaired) electrons. The summed E-state index contributed by atoms with van der Waals surface area (Å²) < 4.78 is 3.80. The fourth-order valence-corrected chi connectivity index (χ4v) is 3.05. The number of fused-ring (bicyclic) bond motifs is 1. The van der Waals surface area contributed by atoms with E-state index in [9.17, 15) is 4.79 Å². The molecule has 6 heteroatoms. The van der Waals surface area contributed by atoms with E-state index in [4.69, 9.17) is 0 Å². The molecule has 3 rings (SSSR count). The molecule has 1 aromatic heterocycles. The summed E-state index contributed by atoms with van der Waals surface area (Å²) in [6.07, 6.45) is 0.793. The Bertz CT molecular complexity index is 783. The van der Waals surface area contributed by atoms with Gasteiger partial charge in [0.2, 0.25) is 0 Å². The first-order valence-corrected chi connectivity index (χ1v) is 8.35. The van der Waals surface area contributed by atoms with Crippen LogP contribution < -0.4 is 10.6 Å². The van der Waals surface area contributed by atoms with Gasteiger partial charge in [0.25, 0.3) is 0 Å². The van der Waals surface area contributed by atoms with Gasteiger partial charge in [0.1, 0.15) is 0 Å². The maximum Gasteiger partial charge on any atom is 0.315 e. The van der Waals surface area contributed by atoms with Crippen LogP contribution in [0.5, 0.6) is 0 Å². The van der Waals surface area contributed by atoms with Crippen LogP contribution in [0, 0.1) is 0 Å². The first-order chi connectivity index (χ1) is 11.2. The molecule has 0 saturated carbocycles. The van der Waals surface area contributed by atoms with Gasteiger partial charge in [-0.1, -0.05) is 47.0 Å². The Morgan fingerprint density at radius 2 is 2.04 bits per heavy atom. The summed E-state index contributed by atoms with van der Waals surface area (Å²) in [6, 6.07) is 14.2. The normalized spacial score (nSPS) is 12.0. The summed E-state index contributed by atoms with van der Waals surface area (Å²) in [5.41, 5.74) is 2.01. The lowest BCUT2D eigenvalue weighted by Crippen LogP contribution is -2.38. The van der Waals surface area contributed by atoms with Crippen molar-refractivity contribution < 1.29 is 4.79 Å². The summed E-state index contributed by atoms with van der Waals surface area (Å²) >= 11 is 1.28. The van der Waals surface area contributed by atoms with Crippen molar-refractivity contribution in [2.45, 2.75) is 19.4 Å². The van der Waals surface area contributed by atoms with Crippen LogP contribution in [0.4, 0.5) is 4.79 Å². The third-order valence-corrected chi connectivity index (χ3v) is 4.25. The van der Waals surface area contributed by atoms with Gasteiger partial charge < -0.3 is 10.6 Å². The topological polar surface area (TPSA) is 66.9 Å². The molecule has 118 valence electrons. The first kappa shape index (κ1) is 15.4. The van der Waals surface area contributed by atoms with E-state index in [0.717, 1.165) is 12.1 Å². The van der Waals surface area contributed by atoms with Crippen molar-refractivity contribution in [2.24, 2.45) is 0 Å². The highest BCUT2D eigenvalue weighted by Crippen LogP contribution is 2.18. The van der Waals surface area contributed by atoms with Crippen LogP contribution in [0.25, 0.3) is 10.8 Å². The van der Waals surface area contributed by atoms with Gasteiger partial charge in [0.15, 0.2) is 0 Å². The third-order valence-electron chi connectivity index (χ3n) is 3.73. The Labute approximate surface area is 138 Å². The summed E-state index contributed by atoms with van der Waals surface area (Å²) in [5.74, 6) is 0. The van der Waals surface area contributed by atoms with E-state index < -0.39 is 0 Å². The minimum absolute atomic E-state index is 0.147. The Kier molecular flexibility index (Phi) is 4.83. The van der Waals surface area contributed by atoms with Crippen LogP contribution in [-0.2, 0) is 6.42 Å². The number of carbonyl (C=O) groups is 1. The van der Waals surface area contributed by atoms with Crippen LogP contribution in [0.3, 0.4) is 0 Å². The lowest BCUT2D eigenvalue weighted by atomic mass is 10.0. The number of benzene rings is 2. The van der Waals surface area contributed by atoms with Crippen molar-refractivity contribution in [1.29, 1.82) is 0 Å². The molecule has 0 spiro atoms. The van der Waals surface area contributed by atoms with Crippen LogP contribution in [0.1, 0.15) is 24.2 Å². The molecule has 0 aliphatic carbocycles. The third kappa shape index (κ3) is 3.84. The molecule has 23 heavy (non-hydrogen) atoms. The molecule has 2 amide bonds. The van der Waals surface area contributed by atoms with Crippen molar-refractivity contribution in [3.05, 3.63) is 59.1 Å². The summed E-state index contributed by atoms with van der Waals surface area (Å²) in [5, 5.41) is 14.0. The maximum absolute atomic E-state index is 11.9. The Morgan fingerprint density at radius 1 is 1.22 bits per heavy atom. The van der Waals surface area contributed by atoms with Crippen molar-refractivity contribution >= 4 is 28.3 Å². The van der Waals surface area contributed by atoms with E-state index in [1.54, 1.807) is 0 Å². The van der Waals surface area contributed by atoms with Gasteiger partial charge in [0.05, 0.1) is 11.7 Å². The number of hydrogen-bond acceptors (Lipinski definition) is 4. The van der Waals surface area contributed by atoms with E-state index in [-0.39, 0.29) is 12.1 Å². The monoisotopic (exact) mass is 326 g/mol. The highest BCUT2D eigenvalue weighted by molar-refractivity contribution is 7.03. The Balaban J connectivity index is 1.53.